The van der Waals surface area contributed by atoms with Crippen molar-refractivity contribution in [1.82, 2.24) is 10.2 Å². The molecule has 1 atom stereocenters. The molecule has 1 aliphatic rings. The van der Waals surface area contributed by atoms with Gasteiger partial charge in [0.1, 0.15) is 12.6 Å². The first-order valence-electron chi connectivity index (χ1n) is 4.69. The Labute approximate surface area is 90.6 Å². The van der Waals surface area contributed by atoms with Crippen molar-refractivity contribution in [2.75, 3.05) is 13.1 Å². The van der Waals surface area contributed by atoms with Crippen molar-refractivity contribution in [2.24, 2.45) is 5.18 Å². The van der Waals surface area contributed by atoms with E-state index in [0.717, 1.165) is 0 Å². The van der Waals surface area contributed by atoms with Crippen LogP contribution in [0.25, 0.3) is 0 Å². The molecule has 1 fully saturated rings. The van der Waals surface area contributed by atoms with Crippen LogP contribution in [-0.4, -0.2) is 47.0 Å². The molecule has 0 radical (unpaired) electrons. The predicted molar refractivity (Wildman–Crippen MR) is 51.6 cm³/mol. The summed E-state index contributed by atoms with van der Waals surface area (Å²) in [5.41, 5.74) is 0. The maximum Gasteiger partial charge on any atom is 0.405 e. The number of nitrogens with zero attached hydrogens (tertiary/aromatic N) is 2. The molecule has 0 spiro atoms. The van der Waals surface area contributed by atoms with Gasteiger partial charge in [-0.3, -0.25) is 9.59 Å². The molecule has 1 heterocycles. The molecule has 1 aliphatic heterocycles. The van der Waals surface area contributed by atoms with Gasteiger partial charge in [-0.25, -0.2) is 4.79 Å². The maximum atomic E-state index is 11.5. The molecule has 0 unspecified atom stereocenters. The minimum absolute atomic E-state index is 0.339. The third kappa shape index (κ3) is 2.75. The van der Waals surface area contributed by atoms with E-state index in [1.807, 2.05) is 5.32 Å². The van der Waals surface area contributed by atoms with Crippen molar-refractivity contribution in [2.45, 2.75) is 18.9 Å². The number of rotatable bonds is 3. The maximum absolute atomic E-state index is 11.5. The monoisotopic (exact) mass is 229 g/mol. The number of nitrogens with one attached hydrogen (secondary N) is 1. The van der Waals surface area contributed by atoms with E-state index in [-0.39, 0.29) is 0 Å². The third-order valence-corrected chi connectivity index (χ3v) is 2.34. The predicted octanol–water partition coefficient (Wildman–Crippen LogP) is -0.462. The highest BCUT2D eigenvalue weighted by Crippen LogP contribution is 2.18. The largest absolute Gasteiger partial charge is 0.465 e. The van der Waals surface area contributed by atoms with Crippen molar-refractivity contribution in [3.8, 4) is 0 Å². The number of likely N-dealkylation sites (tertiary alicyclic amines) is 1. The quantitative estimate of drug-likeness (QED) is 0.635. The van der Waals surface area contributed by atoms with Crippen LogP contribution in [0.3, 0.4) is 0 Å². The van der Waals surface area contributed by atoms with Gasteiger partial charge in [0.15, 0.2) is 0 Å². The Morgan fingerprint density at radius 3 is 2.69 bits per heavy atom. The molecular formula is C8H11N3O5. The molecule has 2 N–H and O–H groups in total. The van der Waals surface area contributed by atoms with Gasteiger partial charge in [-0.1, -0.05) is 0 Å². The van der Waals surface area contributed by atoms with Gasteiger partial charge < -0.3 is 15.3 Å². The summed E-state index contributed by atoms with van der Waals surface area (Å²) in [5, 5.41) is 12.5. The van der Waals surface area contributed by atoms with E-state index in [0.29, 0.717) is 19.4 Å². The Kier molecular flexibility index (Phi) is 3.92. The standard InChI is InChI=1S/C8H11N3O5/c12-6(4-9-8(14)15)11-3-1-2-5(11)7(13)10-16/h5,9H,1-4H2,(H,14,15)/t5-/m0/s1. The molecule has 0 saturated carbocycles. The molecule has 0 aromatic heterocycles. The fourth-order valence-corrected chi connectivity index (χ4v) is 1.64. The highest BCUT2D eigenvalue weighted by atomic mass is 16.4. The van der Waals surface area contributed by atoms with Crippen LogP contribution in [0.4, 0.5) is 4.79 Å². The molecule has 8 nitrogen and oxygen atoms in total. The van der Waals surface area contributed by atoms with E-state index in [4.69, 9.17) is 5.11 Å². The number of carbonyl (C=O) groups excluding carboxylic acids is 2. The first-order valence-corrected chi connectivity index (χ1v) is 4.69. The molecule has 1 saturated heterocycles. The summed E-state index contributed by atoms with van der Waals surface area (Å²) in [6.45, 7) is -0.0654. The zero-order valence-electron chi connectivity index (χ0n) is 8.38. The summed E-state index contributed by atoms with van der Waals surface area (Å²) in [5.74, 6) is -1.41. The zero-order chi connectivity index (χ0) is 12.1. The number of hydrogen-bond acceptors (Lipinski definition) is 4. The normalized spacial score (nSPS) is 19.2. The second-order valence-electron chi connectivity index (χ2n) is 3.33. The Bertz CT molecular complexity index is 330. The lowest BCUT2D eigenvalue weighted by molar-refractivity contribution is -0.136. The van der Waals surface area contributed by atoms with Gasteiger partial charge in [0, 0.05) is 11.7 Å². The Hall–Kier alpha value is -1.99. The summed E-state index contributed by atoms with van der Waals surface area (Å²) >= 11 is 0. The average Bonchev–Trinajstić information content (AvgIpc) is 2.73. The minimum atomic E-state index is -1.32. The molecule has 0 aliphatic carbocycles. The number of carboxylic acid groups (broad SMARTS) is 1. The van der Waals surface area contributed by atoms with Crippen LogP contribution in [0.2, 0.25) is 0 Å². The Balaban J connectivity index is 2.57. The average molecular weight is 229 g/mol. The van der Waals surface area contributed by atoms with Gasteiger partial charge in [-0.15, -0.1) is 4.91 Å². The summed E-state index contributed by atoms with van der Waals surface area (Å²) in [6, 6.07) is -0.833. The summed E-state index contributed by atoms with van der Waals surface area (Å²) in [4.78, 5) is 44.0. The fraction of sp³-hybridized carbons (Fsp3) is 0.625. The topological polar surface area (TPSA) is 116 Å². The number of amides is 3. The van der Waals surface area contributed by atoms with Gasteiger partial charge in [-0.2, -0.15) is 0 Å². The number of nitroso groups, excluding NO2 is 1. The van der Waals surface area contributed by atoms with E-state index in [1.54, 1.807) is 0 Å². The smallest absolute Gasteiger partial charge is 0.405 e. The molecule has 88 valence electrons. The molecule has 8 heteroatoms. The summed E-state index contributed by atoms with van der Waals surface area (Å²) < 4.78 is 0. The molecule has 0 bridgehead atoms. The molecule has 0 aromatic carbocycles. The van der Waals surface area contributed by atoms with Crippen LogP contribution in [-0.2, 0) is 9.59 Å². The first-order chi connectivity index (χ1) is 7.56. The number of carbonyl (C=O) groups is 3. The highest BCUT2D eigenvalue weighted by molar-refractivity contribution is 5.90. The van der Waals surface area contributed by atoms with Crippen molar-refractivity contribution < 1.29 is 19.5 Å². The Morgan fingerprint density at radius 1 is 1.44 bits per heavy atom. The summed E-state index contributed by atoms with van der Waals surface area (Å²) in [6.07, 6.45) is -0.322. The second kappa shape index (κ2) is 5.19. The van der Waals surface area contributed by atoms with Crippen molar-refractivity contribution in [3.63, 3.8) is 0 Å². The van der Waals surface area contributed by atoms with Gasteiger partial charge >= 0.3 is 12.0 Å². The molecule has 16 heavy (non-hydrogen) atoms. The molecule has 3 amide bonds. The van der Waals surface area contributed by atoms with Gasteiger partial charge in [0.05, 0.1) is 0 Å². The highest BCUT2D eigenvalue weighted by Gasteiger charge is 2.34. The van der Waals surface area contributed by atoms with Crippen molar-refractivity contribution in [1.29, 1.82) is 0 Å². The second-order valence-corrected chi connectivity index (χ2v) is 3.33. The molecule has 0 aromatic rings. The lowest BCUT2D eigenvalue weighted by Crippen LogP contribution is -2.44. The molecule has 1 rings (SSSR count). The van der Waals surface area contributed by atoms with Crippen LogP contribution in [0.1, 0.15) is 12.8 Å². The van der Waals surface area contributed by atoms with E-state index in [2.05, 4.69) is 5.18 Å². The van der Waals surface area contributed by atoms with Gasteiger partial charge in [0.2, 0.25) is 5.91 Å². The first kappa shape index (κ1) is 12.1. The van der Waals surface area contributed by atoms with Crippen LogP contribution >= 0.6 is 0 Å². The van der Waals surface area contributed by atoms with Crippen molar-refractivity contribution >= 4 is 17.9 Å². The lowest BCUT2D eigenvalue weighted by atomic mass is 10.2. The van der Waals surface area contributed by atoms with Gasteiger partial charge in [0.25, 0.3) is 0 Å². The third-order valence-electron chi connectivity index (χ3n) is 2.34. The van der Waals surface area contributed by atoms with Crippen LogP contribution in [0.5, 0.6) is 0 Å². The van der Waals surface area contributed by atoms with Crippen molar-refractivity contribution in [3.05, 3.63) is 4.91 Å². The van der Waals surface area contributed by atoms with Gasteiger partial charge in [-0.05, 0) is 12.8 Å². The number of hydrogen-bond donors (Lipinski definition) is 2. The minimum Gasteiger partial charge on any atom is -0.465 e. The van der Waals surface area contributed by atoms with E-state index in [1.165, 1.54) is 4.90 Å². The van der Waals surface area contributed by atoms with Crippen LogP contribution in [0.15, 0.2) is 5.18 Å². The zero-order valence-corrected chi connectivity index (χ0v) is 8.38. The lowest BCUT2D eigenvalue weighted by Gasteiger charge is -2.20. The Morgan fingerprint density at radius 2 is 2.12 bits per heavy atom. The van der Waals surface area contributed by atoms with E-state index in [9.17, 15) is 19.3 Å². The van der Waals surface area contributed by atoms with E-state index >= 15 is 0 Å². The van der Waals surface area contributed by atoms with Crippen LogP contribution < -0.4 is 5.32 Å². The van der Waals surface area contributed by atoms with Crippen LogP contribution in [0, 0.1) is 4.91 Å². The molecular weight excluding hydrogens is 218 g/mol. The summed E-state index contributed by atoms with van der Waals surface area (Å²) in [7, 11) is 0. The fourth-order valence-electron chi connectivity index (χ4n) is 1.64. The SMILES string of the molecule is O=NC(=O)[C@@H]1CCCN1C(=O)CNC(=O)O. The van der Waals surface area contributed by atoms with E-state index < -0.39 is 30.5 Å².